The molecule has 0 radical (unpaired) electrons. The van der Waals surface area contributed by atoms with Gasteiger partial charge in [0.05, 0.1) is 21.6 Å². The van der Waals surface area contributed by atoms with Gasteiger partial charge in [-0.05, 0) is 31.0 Å². The predicted molar refractivity (Wildman–Crippen MR) is 75.0 cm³/mol. The quantitative estimate of drug-likeness (QED) is 0.859. The second-order valence-corrected chi connectivity index (χ2v) is 6.10. The smallest absolute Gasteiger partial charge is 0.382 e. The van der Waals surface area contributed by atoms with Crippen LogP contribution in [0, 0.1) is 5.92 Å². The Morgan fingerprint density at radius 3 is 2.80 bits per heavy atom. The van der Waals surface area contributed by atoms with Crippen LogP contribution in [0.3, 0.4) is 0 Å². The van der Waals surface area contributed by atoms with Crippen molar-refractivity contribution in [3.8, 4) is 0 Å². The van der Waals surface area contributed by atoms with E-state index < -0.39 is 18.1 Å². The number of nitrogens with zero attached hydrogens (tertiary/aromatic N) is 1. The molecule has 0 aliphatic heterocycles. The van der Waals surface area contributed by atoms with Gasteiger partial charge < -0.3 is 5.32 Å². The van der Waals surface area contributed by atoms with E-state index in [1.54, 1.807) is 5.51 Å². The number of nitrogens with one attached hydrogen (secondary N) is 1. The van der Waals surface area contributed by atoms with Crippen LogP contribution in [0.5, 0.6) is 0 Å². The molecule has 0 bridgehead atoms. The summed E-state index contributed by atoms with van der Waals surface area (Å²) in [6, 6.07) is 5.02. The average molecular weight is 300 g/mol. The minimum Gasteiger partial charge on any atom is -0.382 e. The number of hydrogen-bond donors (Lipinski definition) is 1. The van der Waals surface area contributed by atoms with Crippen LogP contribution < -0.4 is 5.32 Å². The van der Waals surface area contributed by atoms with Crippen molar-refractivity contribution in [2.45, 2.75) is 37.9 Å². The second kappa shape index (κ2) is 5.24. The fourth-order valence-electron chi connectivity index (χ4n) is 2.85. The van der Waals surface area contributed by atoms with Gasteiger partial charge in [0.2, 0.25) is 0 Å². The summed E-state index contributed by atoms with van der Waals surface area (Å²) in [7, 11) is 0. The molecule has 2 atom stereocenters. The zero-order valence-corrected chi connectivity index (χ0v) is 11.6. The van der Waals surface area contributed by atoms with Crippen LogP contribution in [0.25, 0.3) is 10.2 Å². The summed E-state index contributed by atoms with van der Waals surface area (Å²) in [5, 5.41) is 3.08. The van der Waals surface area contributed by atoms with E-state index >= 15 is 0 Å². The molecule has 0 saturated heterocycles. The number of fused-ring (bicyclic) bond motifs is 1. The Kier molecular flexibility index (Phi) is 3.58. The topological polar surface area (TPSA) is 24.9 Å². The molecule has 20 heavy (non-hydrogen) atoms. The van der Waals surface area contributed by atoms with Crippen molar-refractivity contribution in [3.63, 3.8) is 0 Å². The number of rotatable bonds is 2. The number of aromatic nitrogens is 1. The Morgan fingerprint density at radius 1 is 1.20 bits per heavy atom. The number of thiazole rings is 1. The van der Waals surface area contributed by atoms with Crippen LogP contribution in [-0.2, 0) is 0 Å². The molecule has 6 heteroatoms. The van der Waals surface area contributed by atoms with Gasteiger partial charge in [0.1, 0.15) is 0 Å². The van der Waals surface area contributed by atoms with Gasteiger partial charge in [0.15, 0.2) is 0 Å². The number of alkyl halides is 3. The van der Waals surface area contributed by atoms with Gasteiger partial charge in [-0.2, -0.15) is 13.2 Å². The Bertz CT molecular complexity index is 593. The van der Waals surface area contributed by atoms with E-state index in [1.807, 2.05) is 18.2 Å². The maximum absolute atomic E-state index is 13.0. The molecule has 1 fully saturated rings. The SMILES string of the molecule is FC(F)(F)C1CCCCC1Nc1ccc2ncsc2c1. The number of anilines is 1. The summed E-state index contributed by atoms with van der Waals surface area (Å²) in [6.45, 7) is 0. The van der Waals surface area contributed by atoms with E-state index in [1.165, 1.54) is 11.3 Å². The number of halogens is 3. The molecule has 1 N–H and O–H groups in total. The molecule has 2 nitrogen and oxygen atoms in total. The molecule has 1 heterocycles. The van der Waals surface area contributed by atoms with Crippen molar-refractivity contribution < 1.29 is 13.2 Å². The van der Waals surface area contributed by atoms with E-state index in [2.05, 4.69) is 10.3 Å². The van der Waals surface area contributed by atoms with E-state index in [-0.39, 0.29) is 6.42 Å². The normalized spacial score (nSPS) is 23.9. The van der Waals surface area contributed by atoms with E-state index in [4.69, 9.17) is 0 Å². The summed E-state index contributed by atoms with van der Waals surface area (Å²) in [5.41, 5.74) is 3.38. The zero-order valence-electron chi connectivity index (χ0n) is 10.8. The highest BCUT2D eigenvalue weighted by Gasteiger charge is 2.45. The van der Waals surface area contributed by atoms with Crippen molar-refractivity contribution >= 4 is 27.2 Å². The van der Waals surface area contributed by atoms with Crippen LogP contribution >= 0.6 is 11.3 Å². The Morgan fingerprint density at radius 2 is 2.00 bits per heavy atom. The molecule has 3 rings (SSSR count). The summed E-state index contributed by atoms with van der Waals surface area (Å²) in [4.78, 5) is 4.17. The van der Waals surface area contributed by atoms with Crippen LogP contribution in [0.15, 0.2) is 23.7 Å². The first kappa shape index (κ1) is 13.7. The molecule has 1 aliphatic carbocycles. The molecular formula is C14H15F3N2S. The van der Waals surface area contributed by atoms with Crippen LogP contribution in [-0.4, -0.2) is 17.2 Å². The molecular weight excluding hydrogens is 285 g/mol. The maximum Gasteiger partial charge on any atom is 0.393 e. The number of hydrogen-bond acceptors (Lipinski definition) is 3. The molecule has 1 aromatic heterocycles. The van der Waals surface area contributed by atoms with Gasteiger partial charge in [-0.3, -0.25) is 0 Å². The van der Waals surface area contributed by atoms with E-state index in [0.717, 1.165) is 22.3 Å². The van der Waals surface area contributed by atoms with E-state index in [0.29, 0.717) is 12.8 Å². The van der Waals surface area contributed by atoms with Gasteiger partial charge in [0.25, 0.3) is 0 Å². The lowest BCUT2D eigenvalue weighted by atomic mass is 9.84. The van der Waals surface area contributed by atoms with Crippen LogP contribution in [0.2, 0.25) is 0 Å². The minimum absolute atomic E-state index is 0.226. The monoisotopic (exact) mass is 300 g/mol. The third-order valence-electron chi connectivity index (χ3n) is 3.87. The highest BCUT2D eigenvalue weighted by atomic mass is 32.1. The first-order valence-electron chi connectivity index (χ1n) is 6.70. The Labute approximate surface area is 119 Å². The fourth-order valence-corrected chi connectivity index (χ4v) is 3.57. The Balaban J connectivity index is 1.80. The lowest BCUT2D eigenvalue weighted by Gasteiger charge is -2.34. The summed E-state index contributed by atoms with van der Waals surface area (Å²) in [5.74, 6) is -1.24. The first-order chi connectivity index (χ1) is 9.54. The highest BCUT2D eigenvalue weighted by Crippen LogP contribution is 2.39. The molecule has 1 aromatic carbocycles. The van der Waals surface area contributed by atoms with Gasteiger partial charge >= 0.3 is 6.18 Å². The van der Waals surface area contributed by atoms with Gasteiger partial charge in [-0.25, -0.2) is 4.98 Å². The van der Waals surface area contributed by atoms with Crippen molar-refractivity contribution in [2.24, 2.45) is 5.92 Å². The maximum atomic E-state index is 13.0. The summed E-state index contributed by atoms with van der Waals surface area (Å²) in [6.07, 6.45) is -1.80. The highest BCUT2D eigenvalue weighted by molar-refractivity contribution is 7.16. The fraction of sp³-hybridized carbons (Fsp3) is 0.500. The van der Waals surface area contributed by atoms with Gasteiger partial charge in [-0.1, -0.05) is 12.8 Å². The first-order valence-corrected chi connectivity index (χ1v) is 7.58. The second-order valence-electron chi connectivity index (χ2n) is 5.22. The minimum atomic E-state index is -4.12. The molecule has 108 valence electrons. The van der Waals surface area contributed by atoms with Crippen molar-refractivity contribution in [3.05, 3.63) is 23.7 Å². The lowest BCUT2D eigenvalue weighted by Crippen LogP contribution is -2.41. The third kappa shape index (κ3) is 2.75. The number of benzene rings is 1. The molecule has 0 spiro atoms. The summed E-state index contributed by atoms with van der Waals surface area (Å²) < 4.78 is 40.1. The molecule has 2 aromatic rings. The standard InChI is InChI=1S/C14H15F3N2S/c15-14(16,17)10-3-1-2-4-11(10)19-9-5-6-12-13(7-9)20-8-18-12/h5-8,10-11,19H,1-4H2. The van der Waals surface area contributed by atoms with Crippen molar-refractivity contribution in [1.82, 2.24) is 4.98 Å². The predicted octanol–water partition coefficient (Wildman–Crippen LogP) is 4.83. The largest absolute Gasteiger partial charge is 0.393 e. The van der Waals surface area contributed by atoms with Gasteiger partial charge in [-0.15, -0.1) is 11.3 Å². The molecule has 0 amide bonds. The zero-order chi connectivity index (χ0) is 14.2. The van der Waals surface area contributed by atoms with Crippen molar-refractivity contribution in [1.29, 1.82) is 0 Å². The molecule has 1 saturated carbocycles. The summed E-state index contributed by atoms with van der Waals surface area (Å²) >= 11 is 1.50. The van der Waals surface area contributed by atoms with Gasteiger partial charge in [0, 0.05) is 11.7 Å². The Hall–Kier alpha value is -1.30. The average Bonchev–Trinajstić information content (AvgIpc) is 2.85. The van der Waals surface area contributed by atoms with Crippen molar-refractivity contribution in [2.75, 3.05) is 5.32 Å². The van der Waals surface area contributed by atoms with E-state index in [9.17, 15) is 13.2 Å². The van der Waals surface area contributed by atoms with Crippen LogP contribution in [0.4, 0.5) is 18.9 Å². The van der Waals surface area contributed by atoms with Crippen LogP contribution in [0.1, 0.15) is 25.7 Å². The molecule has 1 aliphatic rings. The molecule has 2 unspecified atom stereocenters. The third-order valence-corrected chi connectivity index (χ3v) is 4.66. The lowest BCUT2D eigenvalue weighted by molar-refractivity contribution is -0.184.